The molecule has 0 bridgehead atoms. The first kappa shape index (κ1) is 24.3. The Labute approximate surface area is 104 Å². The summed E-state index contributed by atoms with van der Waals surface area (Å²) in [6, 6.07) is 0. The highest BCUT2D eigenvalue weighted by Crippen LogP contribution is 1.74. The van der Waals surface area contributed by atoms with Gasteiger partial charge in [-0.1, -0.05) is 37.1 Å². The van der Waals surface area contributed by atoms with E-state index in [1.807, 2.05) is 39.8 Å². The molecule has 0 aliphatic heterocycles. The second-order valence-electron chi connectivity index (χ2n) is 3.81. The zero-order valence-electron chi connectivity index (χ0n) is 12.4. The minimum absolute atomic E-state index is 1.08. The summed E-state index contributed by atoms with van der Waals surface area (Å²) in [6.45, 7) is 26.1. The van der Waals surface area contributed by atoms with Crippen LogP contribution in [-0.2, 0) is 0 Å². The molecule has 0 fully saturated rings. The summed E-state index contributed by atoms with van der Waals surface area (Å²) in [5, 5.41) is 0. The van der Waals surface area contributed by atoms with Gasteiger partial charge in [0.25, 0.3) is 0 Å². The van der Waals surface area contributed by atoms with Gasteiger partial charge in [-0.3, -0.25) is 0 Å². The standard InChI is InChI=1S/4C4H8/c2*1-4(2)3;2*1-3-4-2/h2*1H2,2-3H3;2*3H,1,4H2,2H3. The molecule has 0 saturated heterocycles. The second-order valence-corrected chi connectivity index (χ2v) is 3.81. The van der Waals surface area contributed by atoms with E-state index in [9.17, 15) is 0 Å². The van der Waals surface area contributed by atoms with Gasteiger partial charge in [0.05, 0.1) is 0 Å². The fourth-order valence-electron chi connectivity index (χ4n) is 0. The molecule has 0 radical (unpaired) electrons. The average molecular weight is 224 g/mol. The smallest absolute Gasteiger partial charge is 0.0382 e. The lowest BCUT2D eigenvalue weighted by Crippen LogP contribution is -1.43. The van der Waals surface area contributed by atoms with Gasteiger partial charge < -0.3 is 0 Å². The highest BCUT2D eigenvalue weighted by Gasteiger charge is 1.52. The third-order valence-electron chi connectivity index (χ3n) is 0.577. The van der Waals surface area contributed by atoms with Crippen molar-refractivity contribution in [1.29, 1.82) is 0 Å². The number of allylic oxidation sites excluding steroid dienone is 4. The van der Waals surface area contributed by atoms with E-state index in [4.69, 9.17) is 0 Å². The van der Waals surface area contributed by atoms with Crippen LogP contribution in [0.2, 0.25) is 0 Å². The summed E-state index contributed by atoms with van der Waals surface area (Å²) in [6.07, 6.45) is 5.92. The molecule has 0 nitrogen and oxygen atoms in total. The number of rotatable bonds is 2. The van der Waals surface area contributed by atoms with Crippen molar-refractivity contribution in [2.24, 2.45) is 0 Å². The fourth-order valence-corrected chi connectivity index (χ4v) is 0. The predicted octanol–water partition coefficient (Wildman–Crippen LogP) is 6.33. The van der Waals surface area contributed by atoms with Crippen LogP contribution in [0.3, 0.4) is 0 Å². The maximum absolute atomic E-state index is 3.56. The maximum Gasteiger partial charge on any atom is -0.0382 e. The van der Waals surface area contributed by atoms with Gasteiger partial charge in [0.15, 0.2) is 0 Å². The van der Waals surface area contributed by atoms with Crippen molar-refractivity contribution < 1.29 is 0 Å². The summed E-state index contributed by atoms with van der Waals surface area (Å²) in [5.74, 6) is 0. The predicted molar refractivity (Wildman–Crippen MR) is 82.0 cm³/mol. The lowest BCUT2D eigenvalue weighted by Gasteiger charge is -1.65. The van der Waals surface area contributed by atoms with Crippen LogP contribution in [-0.4, -0.2) is 0 Å². The Morgan fingerprint density at radius 2 is 0.812 bits per heavy atom. The minimum Gasteiger partial charge on any atom is -0.103 e. The van der Waals surface area contributed by atoms with E-state index in [1.54, 1.807) is 0 Å². The molecule has 0 aromatic carbocycles. The van der Waals surface area contributed by atoms with Gasteiger partial charge in [0, 0.05) is 0 Å². The van der Waals surface area contributed by atoms with Crippen molar-refractivity contribution in [3.05, 3.63) is 49.6 Å². The van der Waals surface area contributed by atoms with Gasteiger partial charge >= 0.3 is 0 Å². The van der Waals surface area contributed by atoms with Crippen molar-refractivity contribution in [2.45, 2.75) is 54.4 Å². The number of hydrogen-bond acceptors (Lipinski definition) is 0. The Bertz CT molecular complexity index is 133. The van der Waals surface area contributed by atoms with Gasteiger partial charge in [-0.05, 0) is 40.5 Å². The molecule has 0 unspecified atom stereocenters. The molecule has 0 N–H and O–H groups in total. The Morgan fingerprint density at radius 3 is 0.812 bits per heavy atom. The van der Waals surface area contributed by atoms with Crippen molar-refractivity contribution in [2.75, 3.05) is 0 Å². The molecule has 0 saturated carbocycles. The largest absolute Gasteiger partial charge is 0.103 e. The molecule has 0 aliphatic rings. The molecule has 0 heteroatoms. The quantitative estimate of drug-likeness (QED) is 0.481. The van der Waals surface area contributed by atoms with E-state index in [1.165, 1.54) is 11.1 Å². The van der Waals surface area contributed by atoms with E-state index in [0.29, 0.717) is 0 Å². The first-order valence-electron chi connectivity index (χ1n) is 5.75. The van der Waals surface area contributed by atoms with Crippen LogP contribution in [0, 0.1) is 0 Å². The molecule has 0 amide bonds. The number of hydrogen-bond donors (Lipinski definition) is 0. The Morgan fingerprint density at radius 1 is 0.750 bits per heavy atom. The monoisotopic (exact) mass is 224 g/mol. The second kappa shape index (κ2) is 29.2. The Balaban J connectivity index is -0.0000000600. The molecule has 0 aromatic rings. The van der Waals surface area contributed by atoms with E-state index in [2.05, 4.69) is 40.2 Å². The molecule has 96 valence electrons. The van der Waals surface area contributed by atoms with Crippen LogP contribution in [0.5, 0.6) is 0 Å². The normalized spacial score (nSPS) is 6.38. The lowest BCUT2D eigenvalue weighted by atomic mass is 10.4. The topological polar surface area (TPSA) is 0 Å². The van der Waals surface area contributed by atoms with Crippen LogP contribution in [0.1, 0.15) is 54.4 Å². The molecular formula is C16H32. The van der Waals surface area contributed by atoms with E-state index >= 15 is 0 Å². The van der Waals surface area contributed by atoms with Crippen molar-refractivity contribution >= 4 is 0 Å². The highest BCUT2D eigenvalue weighted by atomic mass is 13.6. The van der Waals surface area contributed by atoms with Crippen molar-refractivity contribution in [3.8, 4) is 0 Å². The van der Waals surface area contributed by atoms with Gasteiger partial charge in [0.1, 0.15) is 0 Å². The molecule has 0 aliphatic carbocycles. The molecule has 0 heterocycles. The van der Waals surface area contributed by atoms with E-state index in [0.717, 1.165) is 12.8 Å². The van der Waals surface area contributed by atoms with Crippen LogP contribution in [0.4, 0.5) is 0 Å². The fraction of sp³-hybridized carbons (Fsp3) is 0.500. The zero-order valence-corrected chi connectivity index (χ0v) is 12.4. The zero-order chi connectivity index (χ0) is 14.0. The van der Waals surface area contributed by atoms with Gasteiger partial charge in [0.2, 0.25) is 0 Å². The summed E-state index contributed by atoms with van der Waals surface area (Å²) in [4.78, 5) is 0. The molecule has 0 aromatic heterocycles. The van der Waals surface area contributed by atoms with Crippen LogP contribution in [0.25, 0.3) is 0 Å². The van der Waals surface area contributed by atoms with Gasteiger partial charge in [-0.25, -0.2) is 0 Å². The lowest BCUT2D eigenvalue weighted by molar-refractivity contribution is 1.23. The first-order valence-corrected chi connectivity index (χ1v) is 5.75. The van der Waals surface area contributed by atoms with E-state index in [-0.39, 0.29) is 0 Å². The summed E-state index contributed by atoms with van der Waals surface area (Å²) in [5.41, 5.74) is 2.33. The van der Waals surface area contributed by atoms with Crippen LogP contribution < -0.4 is 0 Å². The first-order chi connectivity index (χ1) is 7.29. The van der Waals surface area contributed by atoms with Gasteiger partial charge in [-0.2, -0.15) is 0 Å². The summed E-state index contributed by atoms with van der Waals surface area (Å²) < 4.78 is 0. The highest BCUT2D eigenvalue weighted by molar-refractivity contribution is 4.79. The Hall–Kier alpha value is -1.04. The van der Waals surface area contributed by atoms with Gasteiger partial charge in [-0.15, -0.1) is 26.3 Å². The third kappa shape index (κ3) is 2010. The van der Waals surface area contributed by atoms with Crippen LogP contribution in [0.15, 0.2) is 49.6 Å². The van der Waals surface area contributed by atoms with Crippen molar-refractivity contribution in [3.63, 3.8) is 0 Å². The van der Waals surface area contributed by atoms with Crippen LogP contribution >= 0.6 is 0 Å². The average Bonchev–Trinajstić information content (AvgIpc) is 2.16. The summed E-state index contributed by atoms with van der Waals surface area (Å²) >= 11 is 0. The molecule has 0 rings (SSSR count). The molecule has 0 spiro atoms. The van der Waals surface area contributed by atoms with Crippen molar-refractivity contribution in [1.82, 2.24) is 0 Å². The molecule has 0 atom stereocenters. The third-order valence-corrected chi connectivity index (χ3v) is 0.577. The molecule has 16 heavy (non-hydrogen) atoms. The Kier molecular flexibility index (Phi) is 44.3. The summed E-state index contributed by atoms with van der Waals surface area (Å²) in [7, 11) is 0. The van der Waals surface area contributed by atoms with E-state index < -0.39 is 0 Å². The minimum atomic E-state index is 1.08. The SMILES string of the molecule is C=C(C)C.C=C(C)C.C=CCC.C=CCC. The molecular weight excluding hydrogens is 192 g/mol. The maximum atomic E-state index is 3.56.